The third kappa shape index (κ3) is 15.2. The van der Waals surface area contributed by atoms with E-state index in [0.29, 0.717) is 35.5 Å². The highest BCUT2D eigenvalue weighted by Crippen LogP contribution is 2.37. The standard InChI is InChI=1S/C19H35NOSi.C13H19NO.C10H14O2.H2S/c1-15(12-13-21-22(8,9)19(3,4)5)18-11-10-17(20(6)7)14-16(18)2;1-10(7-8-15)13-6-5-12(14(3)4)9-11(13)2;1-8(6-7-11)9-4-2-3-5-10(9)12;/h10-11,14-15H,12-13H2,1-9H3;5-6,8-10H,7H2,1-4H3;2-5,8,11-12H,6-7H2,1H3;1H2/t15-;10-;8-;/m111./s1. The quantitative estimate of drug-likeness (QED) is 0.135. The molecule has 0 radical (unpaired) electrons. The summed E-state index contributed by atoms with van der Waals surface area (Å²) in [6.45, 7) is 23.3. The normalized spacial score (nSPS) is 12.9. The Morgan fingerprint density at radius 1 is 0.760 bits per heavy atom. The van der Waals surface area contributed by atoms with Crippen molar-refractivity contribution in [3.05, 3.63) is 88.5 Å². The molecular weight excluding hydrogens is 657 g/mol. The van der Waals surface area contributed by atoms with Crippen LogP contribution in [0.25, 0.3) is 0 Å². The number of aliphatic hydroxyl groups excluding tert-OH is 1. The maximum atomic E-state index is 10.5. The van der Waals surface area contributed by atoms with E-state index in [1.54, 1.807) is 12.1 Å². The molecule has 3 aromatic carbocycles. The van der Waals surface area contributed by atoms with Crippen LogP contribution >= 0.6 is 13.5 Å². The number of aryl methyl sites for hydroxylation is 2. The van der Waals surface area contributed by atoms with E-state index in [2.05, 4.69) is 122 Å². The number of aromatic hydroxyl groups is 1. The van der Waals surface area contributed by atoms with Gasteiger partial charge in [-0.2, -0.15) is 13.5 Å². The van der Waals surface area contributed by atoms with Gasteiger partial charge < -0.3 is 29.2 Å². The van der Waals surface area contributed by atoms with E-state index < -0.39 is 8.32 Å². The third-order valence-corrected chi connectivity index (χ3v) is 14.4. The van der Waals surface area contributed by atoms with Crippen molar-refractivity contribution < 1.29 is 19.4 Å². The Morgan fingerprint density at radius 3 is 1.62 bits per heavy atom. The number of phenolic OH excluding ortho intramolecular Hbond substituents is 1. The van der Waals surface area contributed by atoms with Crippen LogP contribution in [0.3, 0.4) is 0 Å². The lowest BCUT2D eigenvalue weighted by molar-refractivity contribution is -0.108. The molecule has 282 valence electrons. The molecule has 0 unspecified atom stereocenters. The summed E-state index contributed by atoms with van der Waals surface area (Å²) in [6, 6.07) is 20.4. The average Bonchev–Trinajstić information content (AvgIpc) is 3.01. The number of nitrogens with zero attached hydrogens (tertiary/aromatic N) is 2. The van der Waals surface area contributed by atoms with Crippen molar-refractivity contribution in [3.63, 3.8) is 0 Å². The first kappa shape index (κ1) is 47.2. The number of hydrogen-bond acceptors (Lipinski definition) is 6. The van der Waals surface area contributed by atoms with Gasteiger partial charge in [0, 0.05) is 59.2 Å². The molecule has 0 fully saturated rings. The van der Waals surface area contributed by atoms with E-state index in [4.69, 9.17) is 9.53 Å². The minimum atomic E-state index is -1.62. The van der Waals surface area contributed by atoms with Crippen LogP contribution in [-0.2, 0) is 9.22 Å². The van der Waals surface area contributed by atoms with Gasteiger partial charge in [-0.25, -0.2) is 0 Å². The van der Waals surface area contributed by atoms with Crippen LogP contribution in [0.1, 0.15) is 106 Å². The Hall–Kier alpha value is -2.78. The molecule has 2 N–H and O–H groups in total. The van der Waals surface area contributed by atoms with Gasteiger partial charge in [0.15, 0.2) is 8.32 Å². The van der Waals surface area contributed by atoms with Gasteiger partial charge in [0.05, 0.1) is 0 Å². The maximum Gasteiger partial charge on any atom is 0.191 e. The summed E-state index contributed by atoms with van der Waals surface area (Å²) >= 11 is 0. The van der Waals surface area contributed by atoms with Gasteiger partial charge in [0.1, 0.15) is 12.0 Å². The molecular formula is C42H70N2O4SSi. The zero-order valence-corrected chi connectivity index (χ0v) is 35.7. The molecule has 0 spiro atoms. The number of para-hydroxylation sites is 1. The van der Waals surface area contributed by atoms with Crippen LogP contribution in [0.5, 0.6) is 5.75 Å². The minimum absolute atomic E-state index is 0. The first-order valence-electron chi connectivity index (χ1n) is 17.8. The minimum Gasteiger partial charge on any atom is -0.508 e. The number of anilines is 2. The highest BCUT2D eigenvalue weighted by atomic mass is 32.1. The highest BCUT2D eigenvalue weighted by Gasteiger charge is 2.37. The molecule has 50 heavy (non-hydrogen) atoms. The summed E-state index contributed by atoms with van der Waals surface area (Å²) < 4.78 is 6.32. The van der Waals surface area contributed by atoms with Gasteiger partial charge >= 0.3 is 0 Å². The summed E-state index contributed by atoms with van der Waals surface area (Å²) in [6.07, 6.45) is 3.37. The molecule has 0 aromatic heterocycles. The molecule has 3 rings (SSSR count). The van der Waals surface area contributed by atoms with Crippen molar-refractivity contribution >= 4 is 39.5 Å². The number of aldehydes is 1. The van der Waals surface area contributed by atoms with Crippen LogP contribution < -0.4 is 9.80 Å². The SMILES string of the molecule is C[C@H](CCO)c1ccccc1O.Cc1cc(N(C)C)ccc1[C@H](C)CC=O.Cc1cc(N(C)C)ccc1[C@H](C)CCO[Si](C)(C)C(C)(C)C.S. The maximum absolute atomic E-state index is 10.5. The molecule has 8 heteroatoms. The number of rotatable bonds is 13. The van der Waals surface area contributed by atoms with Crippen molar-refractivity contribution in [2.45, 2.75) is 111 Å². The van der Waals surface area contributed by atoms with Gasteiger partial charge in [0.25, 0.3) is 0 Å². The largest absolute Gasteiger partial charge is 0.508 e. The summed E-state index contributed by atoms with van der Waals surface area (Å²) in [5.41, 5.74) is 8.74. The van der Waals surface area contributed by atoms with Crippen LogP contribution in [0, 0.1) is 13.8 Å². The molecule has 0 aliphatic carbocycles. The molecule has 0 heterocycles. The van der Waals surface area contributed by atoms with E-state index >= 15 is 0 Å². The Kier molecular flexibility index (Phi) is 21.0. The fraction of sp³-hybridized carbons (Fsp3) is 0.548. The molecule has 0 aliphatic heterocycles. The summed E-state index contributed by atoms with van der Waals surface area (Å²) in [5, 5.41) is 18.4. The number of hydrogen-bond donors (Lipinski definition) is 2. The Labute approximate surface area is 313 Å². The molecule has 0 saturated carbocycles. The zero-order valence-electron chi connectivity index (χ0n) is 33.7. The Morgan fingerprint density at radius 2 is 1.22 bits per heavy atom. The number of carbonyl (C=O) groups is 1. The number of carbonyl (C=O) groups excluding carboxylic acids is 1. The average molecular weight is 727 g/mol. The lowest BCUT2D eigenvalue weighted by atomic mass is 9.93. The van der Waals surface area contributed by atoms with Gasteiger partial charge in [-0.1, -0.05) is 71.9 Å². The van der Waals surface area contributed by atoms with Crippen LogP contribution in [-0.4, -0.2) is 66.2 Å². The second kappa shape index (κ2) is 22.2. The van der Waals surface area contributed by atoms with E-state index in [9.17, 15) is 9.90 Å². The van der Waals surface area contributed by atoms with Gasteiger partial charge in [-0.3, -0.25) is 0 Å². The highest BCUT2D eigenvalue weighted by molar-refractivity contribution is 7.59. The van der Waals surface area contributed by atoms with Gasteiger partial charge in [-0.15, -0.1) is 0 Å². The number of aliphatic hydroxyl groups is 1. The second-order valence-electron chi connectivity index (χ2n) is 15.4. The summed E-state index contributed by atoms with van der Waals surface area (Å²) in [5.74, 6) is 1.40. The molecule has 0 saturated heterocycles. The molecule has 0 bridgehead atoms. The fourth-order valence-electron chi connectivity index (χ4n) is 5.37. The van der Waals surface area contributed by atoms with Gasteiger partial charge in [0.2, 0.25) is 0 Å². The zero-order chi connectivity index (χ0) is 37.5. The topological polar surface area (TPSA) is 73.2 Å². The molecule has 3 aromatic rings. The second-order valence-corrected chi connectivity index (χ2v) is 20.3. The predicted octanol–water partition coefficient (Wildman–Crippen LogP) is 10.3. The van der Waals surface area contributed by atoms with E-state index in [-0.39, 0.29) is 26.0 Å². The summed E-state index contributed by atoms with van der Waals surface area (Å²) in [7, 11) is 6.62. The molecule has 6 nitrogen and oxygen atoms in total. The van der Waals surface area contributed by atoms with Crippen molar-refractivity contribution in [1.29, 1.82) is 0 Å². The molecule has 0 amide bonds. The smallest absolute Gasteiger partial charge is 0.191 e. The van der Waals surface area contributed by atoms with Crippen molar-refractivity contribution in [1.82, 2.24) is 0 Å². The van der Waals surface area contributed by atoms with Gasteiger partial charge in [-0.05, 0) is 121 Å². The van der Waals surface area contributed by atoms with E-state index in [1.165, 1.54) is 33.6 Å². The number of phenols is 1. The summed E-state index contributed by atoms with van der Waals surface area (Å²) in [4.78, 5) is 14.7. The predicted molar refractivity (Wildman–Crippen MR) is 225 cm³/mol. The van der Waals surface area contributed by atoms with E-state index in [1.807, 2.05) is 33.2 Å². The Bertz CT molecular complexity index is 1420. The van der Waals surface area contributed by atoms with E-state index in [0.717, 1.165) is 24.9 Å². The van der Waals surface area contributed by atoms with Crippen LogP contribution in [0.4, 0.5) is 11.4 Å². The van der Waals surface area contributed by atoms with Crippen molar-refractivity contribution in [2.24, 2.45) is 0 Å². The molecule has 0 aliphatic rings. The van der Waals surface area contributed by atoms with Crippen molar-refractivity contribution in [2.75, 3.05) is 51.2 Å². The number of benzene rings is 3. The third-order valence-electron chi connectivity index (χ3n) is 9.90. The lowest BCUT2D eigenvalue weighted by Gasteiger charge is -2.36. The first-order valence-corrected chi connectivity index (χ1v) is 20.7. The monoisotopic (exact) mass is 726 g/mol. The Balaban J connectivity index is 0.000000750. The fourth-order valence-corrected chi connectivity index (χ4v) is 6.43. The van der Waals surface area contributed by atoms with Crippen LogP contribution in [0.15, 0.2) is 60.7 Å². The van der Waals surface area contributed by atoms with Crippen molar-refractivity contribution in [3.8, 4) is 5.75 Å². The lowest BCUT2D eigenvalue weighted by Crippen LogP contribution is -2.41. The van der Waals surface area contributed by atoms with Crippen LogP contribution in [0.2, 0.25) is 18.1 Å². The molecule has 3 atom stereocenters. The first-order chi connectivity index (χ1) is 22.8.